The third-order valence-corrected chi connectivity index (χ3v) is 3.17. The van der Waals surface area contributed by atoms with Crippen LogP contribution in [0.5, 0.6) is 0 Å². The van der Waals surface area contributed by atoms with Gasteiger partial charge in [-0.1, -0.05) is 24.3 Å². The second-order valence-electron chi connectivity index (χ2n) is 4.65. The van der Waals surface area contributed by atoms with E-state index in [2.05, 4.69) is 5.32 Å². The van der Waals surface area contributed by atoms with Crippen LogP contribution >= 0.6 is 0 Å². The monoisotopic (exact) mass is 272 g/mol. The van der Waals surface area contributed by atoms with E-state index in [-0.39, 0.29) is 17.8 Å². The molecule has 0 aromatic heterocycles. The number of carbonyl (C=O) groups is 1. The molecule has 1 unspecified atom stereocenters. The summed E-state index contributed by atoms with van der Waals surface area (Å²) in [4.78, 5) is 12.1. The topological polar surface area (TPSA) is 55.1 Å². The molecule has 1 amide bonds. The number of hydrogen-bond acceptors (Lipinski definition) is 2. The molecule has 1 atom stereocenters. The zero-order chi connectivity index (χ0) is 14.5. The number of benzene rings is 2. The quantitative estimate of drug-likeness (QED) is 0.899. The van der Waals surface area contributed by atoms with Gasteiger partial charge in [-0.05, 0) is 42.3 Å². The number of nitrogens with two attached hydrogens (primary N) is 1. The van der Waals surface area contributed by atoms with Gasteiger partial charge in [0.1, 0.15) is 5.82 Å². The van der Waals surface area contributed by atoms with Crippen molar-refractivity contribution in [1.82, 2.24) is 5.32 Å². The first-order valence-corrected chi connectivity index (χ1v) is 6.45. The summed E-state index contributed by atoms with van der Waals surface area (Å²) in [6, 6.07) is 13.1. The standard InChI is InChI=1S/C16H17FN2O/c1-11(13-6-8-15(17)9-7-13)19-16(20)14-4-2-12(10-18)3-5-14/h2-9,11H,10,18H2,1H3,(H,19,20). The lowest BCUT2D eigenvalue weighted by atomic mass is 10.1. The normalized spacial score (nSPS) is 11.9. The van der Waals surface area contributed by atoms with E-state index in [9.17, 15) is 9.18 Å². The Labute approximate surface area is 117 Å². The van der Waals surface area contributed by atoms with Crippen LogP contribution in [-0.2, 0) is 6.54 Å². The SMILES string of the molecule is CC(NC(=O)c1ccc(CN)cc1)c1ccc(F)cc1. The summed E-state index contributed by atoms with van der Waals surface area (Å²) in [5.41, 5.74) is 7.93. The predicted molar refractivity (Wildman–Crippen MR) is 76.6 cm³/mol. The molecule has 3 nitrogen and oxygen atoms in total. The number of amides is 1. The van der Waals surface area contributed by atoms with Gasteiger partial charge in [-0.3, -0.25) is 4.79 Å². The van der Waals surface area contributed by atoms with E-state index < -0.39 is 0 Å². The van der Waals surface area contributed by atoms with Crippen molar-refractivity contribution in [2.45, 2.75) is 19.5 Å². The summed E-state index contributed by atoms with van der Waals surface area (Å²) in [5.74, 6) is -0.449. The average Bonchev–Trinajstić information content (AvgIpc) is 2.48. The highest BCUT2D eigenvalue weighted by Gasteiger charge is 2.11. The van der Waals surface area contributed by atoms with E-state index in [1.54, 1.807) is 24.3 Å². The minimum atomic E-state index is -0.287. The molecule has 0 aliphatic carbocycles. The number of nitrogens with one attached hydrogen (secondary N) is 1. The van der Waals surface area contributed by atoms with Gasteiger partial charge in [0.05, 0.1) is 6.04 Å². The molecule has 0 aliphatic heterocycles. The van der Waals surface area contributed by atoms with E-state index in [1.807, 2.05) is 19.1 Å². The minimum Gasteiger partial charge on any atom is -0.346 e. The summed E-state index contributed by atoms with van der Waals surface area (Å²) in [6.07, 6.45) is 0. The molecule has 0 saturated carbocycles. The molecule has 2 aromatic carbocycles. The largest absolute Gasteiger partial charge is 0.346 e. The fraction of sp³-hybridized carbons (Fsp3) is 0.188. The Bertz CT molecular complexity index is 578. The highest BCUT2D eigenvalue weighted by molar-refractivity contribution is 5.94. The number of rotatable bonds is 4. The van der Waals surface area contributed by atoms with Crippen LogP contribution in [0.3, 0.4) is 0 Å². The van der Waals surface area contributed by atoms with Crippen molar-refractivity contribution in [2.75, 3.05) is 0 Å². The van der Waals surface area contributed by atoms with Crippen LogP contribution in [-0.4, -0.2) is 5.91 Å². The first-order chi connectivity index (χ1) is 9.60. The fourth-order valence-corrected chi connectivity index (χ4v) is 1.91. The van der Waals surface area contributed by atoms with E-state index in [4.69, 9.17) is 5.73 Å². The molecule has 4 heteroatoms. The van der Waals surface area contributed by atoms with Crippen molar-refractivity contribution in [2.24, 2.45) is 5.73 Å². The Hall–Kier alpha value is -2.20. The van der Waals surface area contributed by atoms with Crippen LogP contribution in [0.15, 0.2) is 48.5 Å². The van der Waals surface area contributed by atoms with Crippen molar-refractivity contribution in [1.29, 1.82) is 0 Å². The smallest absolute Gasteiger partial charge is 0.251 e. The molecule has 0 spiro atoms. The number of halogens is 1. The van der Waals surface area contributed by atoms with Gasteiger partial charge in [-0.15, -0.1) is 0 Å². The van der Waals surface area contributed by atoms with Gasteiger partial charge >= 0.3 is 0 Å². The van der Waals surface area contributed by atoms with Gasteiger partial charge in [-0.2, -0.15) is 0 Å². The lowest BCUT2D eigenvalue weighted by Gasteiger charge is -2.14. The maximum absolute atomic E-state index is 12.9. The van der Waals surface area contributed by atoms with Crippen LogP contribution in [0.4, 0.5) is 4.39 Å². The molecule has 2 aromatic rings. The summed E-state index contributed by atoms with van der Waals surface area (Å²) in [7, 11) is 0. The van der Waals surface area contributed by atoms with E-state index in [0.29, 0.717) is 12.1 Å². The maximum atomic E-state index is 12.9. The zero-order valence-electron chi connectivity index (χ0n) is 11.3. The van der Waals surface area contributed by atoms with E-state index in [1.165, 1.54) is 12.1 Å². The van der Waals surface area contributed by atoms with Gasteiger partial charge in [0.2, 0.25) is 0 Å². The van der Waals surface area contributed by atoms with Crippen molar-refractivity contribution < 1.29 is 9.18 Å². The molecule has 0 fully saturated rings. The Morgan fingerprint density at radius 3 is 2.30 bits per heavy atom. The molecule has 20 heavy (non-hydrogen) atoms. The molecule has 0 aliphatic rings. The molecular formula is C16H17FN2O. The lowest BCUT2D eigenvalue weighted by molar-refractivity contribution is 0.0940. The van der Waals surface area contributed by atoms with Crippen molar-refractivity contribution in [3.8, 4) is 0 Å². The second-order valence-corrected chi connectivity index (χ2v) is 4.65. The van der Waals surface area contributed by atoms with Crippen LogP contribution in [0.2, 0.25) is 0 Å². The van der Waals surface area contributed by atoms with E-state index in [0.717, 1.165) is 11.1 Å². The summed E-state index contributed by atoms with van der Waals surface area (Å²) in [5, 5.41) is 2.88. The van der Waals surface area contributed by atoms with Crippen LogP contribution in [0, 0.1) is 5.82 Å². The average molecular weight is 272 g/mol. The minimum absolute atomic E-state index is 0.162. The Kier molecular flexibility index (Phi) is 4.48. The third kappa shape index (κ3) is 3.42. The first kappa shape index (κ1) is 14.2. The zero-order valence-corrected chi connectivity index (χ0v) is 11.3. The van der Waals surface area contributed by atoms with Crippen molar-refractivity contribution in [3.63, 3.8) is 0 Å². The third-order valence-electron chi connectivity index (χ3n) is 3.17. The van der Waals surface area contributed by atoms with Crippen molar-refractivity contribution in [3.05, 3.63) is 71.0 Å². The number of carbonyl (C=O) groups excluding carboxylic acids is 1. The van der Waals surface area contributed by atoms with Gasteiger partial charge in [0.25, 0.3) is 5.91 Å². The van der Waals surface area contributed by atoms with Crippen LogP contribution < -0.4 is 11.1 Å². The number of hydrogen-bond donors (Lipinski definition) is 2. The molecule has 0 heterocycles. The molecule has 104 valence electrons. The van der Waals surface area contributed by atoms with Gasteiger partial charge in [-0.25, -0.2) is 4.39 Å². The fourth-order valence-electron chi connectivity index (χ4n) is 1.91. The molecule has 0 bridgehead atoms. The lowest BCUT2D eigenvalue weighted by Crippen LogP contribution is -2.26. The summed E-state index contributed by atoms with van der Waals surface area (Å²) >= 11 is 0. The summed E-state index contributed by atoms with van der Waals surface area (Å²) in [6.45, 7) is 2.31. The van der Waals surface area contributed by atoms with Crippen LogP contribution in [0.25, 0.3) is 0 Å². The highest BCUT2D eigenvalue weighted by atomic mass is 19.1. The Morgan fingerprint density at radius 1 is 1.15 bits per heavy atom. The predicted octanol–water partition coefficient (Wildman–Crippen LogP) is 2.78. The first-order valence-electron chi connectivity index (χ1n) is 6.45. The molecular weight excluding hydrogens is 255 g/mol. The Balaban J connectivity index is 2.04. The second kappa shape index (κ2) is 6.30. The molecule has 0 saturated heterocycles. The Morgan fingerprint density at radius 2 is 1.75 bits per heavy atom. The van der Waals surface area contributed by atoms with Gasteiger partial charge < -0.3 is 11.1 Å². The van der Waals surface area contributed by atoms with Gasteiger partial charge in [0.15, 0.2) is 0 Å². The van der Waals surface area contributed by atoms with Gasteiger partial charge in [0, 0.05) is 12.1 Å². The van der Waals surface area contributed by atoms with Crippen LogP contribution in [0.1, 0.15) is 34.5 Å². The highest BCUT2D eigenvalue weighted by Crippen LogP contribution is 2.14. The molecule has 3 N–H and O–H groups in total. The molecule has 0 radical (unpaired) electrons. The summed E-state index contributed by atoms with van der Waals surface area (Å²) < 4.78 is 12.9. The van der Waals surface area contributed by atoms with Crippen molar-refractivity contribution >= 4 is 5.91 Å². The van der Waals surface area contributed by atoms with E-state index >= 15 is 0 Å². The maximum Gasteiger partial charge on any atom is 0.251 e. The molecule has 2 rings (SSSR count).